The molecule has 3 nitrogen and oxygen atoms in total. The fourth-order valence-electron chi connectivity index (χ4n) is 2.47. The normalized spacial score (nSPS) is 26.7. The predicted octanol–water partition coefficient (Wildman–Crippen LogP) is 1.97. The Labute approximate surface area is 92.6 Å². The van der Waals surface area contributed by atoms with E-state index in [-0.39, 0.29) is 11.4 Å². The van der Waals surface area contributed by atoms with E-state index in [1.54, 1.807) is 0 Å². The maximum absolute atomic E-state index is 12.0. The van der Waals surface area contributed by atoms with Crippen molar-refractivity contribution < 1.29 is 9.53 Å². The Morgan fingerprint density at radius 2 is 2.27 bits per heavy atom. The molecule has 1 saturated heterocycles. The maximum Gasteiger partial charge on any atom is 0.313 e. The molecule has 1 N–H and O–H groups in total. The van der Waals surface area contributed by atoms with Gasteiger partial charge in [-0.3, -0.25) is 4.79 Å². The van der Waals surface area contributed by atoms with Crippen LogP contribution in [-0.4, -0.2) is 25.7 Å². The number of hydrogen-bond donors (Lipinski definition) is 1. The second-order valence-electron chi connectivity index (χ2n) is 4.88. The van der Waals surface area contributed by atoms with Crippen LogP contribution in [0.15, 0.2) is 0 Å². The molecule has 15 heavy (non-hydrogen) atoms. The Morgan fingerprint density at radius 3 is 2.73 bits per heavy atom. The predicted molar refractivity (Wildman–Crippen MR) is 60.6 cm³/mol. The van der Waals surface area contributed by atoms with Crippen LogP contribution in [0.3, 0.4) is 0 Å². The van der Waals surface area contributed by atoms with Crippen molar-refractivity contribution in [2.75, 3.05) is 19.7 Å². The van der Waals surface area contributed by atoms with Crippen molar-refractivity contribution in [1.29, 1.82) is 0 Å². The van der Waals surface area contributed by atoms with Crippen LogP contribution in [-0.2, 0) is 9.53 Å². The highest BCUT2D eigenvalue weighted by Crippen LogP contribution is 2.34. The lowest BCUT2D eigenvalue weighted by Crippen LogP contribution is -2.47. The second kappa shape index (κ2) is 5.50. The summed E-state index contributed by atoms with van der Waals surface area (Å²) >= 11 is 0. The van der Waals surface area contributed by atoms with Gasteiger partial charge in [-0.05, 0) is 38.6 Å². The lowest BCUT2D eigenvalue weighted by molar-refractivity contribution is -0.157. The molecule has 1 rings (SSSR count). The summed E-state index contributed by atoms with van der Waals surface area (Å²) in [6, 6.07) is 0. The van der Waals surface area contributed by atoms with Crippen LogP contribution in [0.5, 0.6) is 0 Å². The van der Waals surface area contributed by atoms with Gasteiger partial charge in [-0.1, -0.05) is 13.8 Å². The van der Waals surface area contributed by atoms with Crippen molar-refractivity contribution in [2.24, 2.45) is 11.3 Å². The molecule has 0 aliphatic carbocycles. The third-order valence-electron chi connectivity index (χ3n) is 2.98. The Bertz CT molecular complexity index is 208. The number of piperidine rings is 1. The van der Waals surface area contributed by atoms with Crippen LogP contribution >= 0.6 is 0 Å². The van der Waals surface area contributed by atoms with Crippen LogP contribution in [0, 0.1) is 11.3 Å². The molecule has 0 spiro atoms. The molecule has 1 aliphatic heterocycles. The summed E-state index contributed by atoms with van der Waals surface area (Å²) < 4.78 is 5.21. The minimum atomic E-state index is -0.261. The molecule has 1 unspecified atom stereocenters. The fraction of sp³-hybridized carbons (Fsp3) is 0.917. The topological polar surface area (TPSA) is 38.3 Å². The van der Waals surface area contributed by atoms with Gasteiger partial charge in [0.1, 0.15) is 0 Å². The van der Waals surface area contributed by atoms with Gasteiger partial charge in [0, 0.05) is 6.54 Å². The molecule has 1 fully saturated rings. The molecule has 0 radical (unpaired) electrons. The van der Waals surface area contributed by atoms with Crippen LogP contribution in [0.2, 0.25) is 0 Å². The molecule has 1 heterocycles. The van der Waals surface area contributed by atoms with E-state index in [1.165, 1.54) is 0 Å². The van der Waals surface area contributed by atoms with Crippen molar-refractivity contribution in [1.82, 2.24) is 5.32 Å². The lowest BCUT2D eigenvalue weighted by atomic mass is 9.74. The zero-order valence-electron chi connectivity index (χ0n) is 10.1. The van der Waals surface area contributed by atoms with Gasteiger partial charge in [0.25, 0.3) is 0 Å². The number of hydrogen-bond acceptors (Lipinski definition) is 3. The zero-order valence-corrected chi connectivity index (χ0v) is 10.1. The first-order valence-corrected chi connectivity index (χ1v) is 5.98. The average molecular weight is 213 g/mol. The minimum Gasteiger partial charge on any atom is -0.466 e. The smallest absolute Gasteiger partial charge is 0.313 e. The molecular formula is C12H23NO2. The Balaban J connectivity index is 2.69. The number of esters is 1. The Hall–Kier alpha value is -0.570. The van der Waals surface area contributed by atoms with Crippen molar-refractivity contribution in [2.45, 2.75) is 40.0 Å². The van der Waals surface area contributed by atoms with Gasteiger partial charge in [0.2, 0.25) is 0 Å². The molecule has 0 aromatic heterocycles. The second-order valence-corrected chi connectivity index (χ2v) is 4.88. The molecule has 0 amide bonds. The fourth-order valence-corrected chi connectivity index (χ4v) is 2.47. The first kappa shape index (κ1) is 12.5. The van der Waals surface area contributed by atoms with E-state index in [0.717, 1.165) is 32.4 Å². The molecule has 0 aromatic rings. The summed E-state index contributed by atoms with van der Waals surface area (Å²) in [5.74, 6) is 0.528. The minimum absolute atomic E-state index is 0.00843. The van der Waals surface area contributed by atoms with Crippen molar-refractivity contribution in [3.63, 3.8) is 0 Å². The van der Waals surface area contributed by atoms with E-state index < -0.39 is 0 Å². The lowest BCUT2D eigenvalue weighted by Gasteiger charge is -2.36. The maximum atomic E-state index is 12.0. The first-order valence-electron chi connectivity index (χ1n) is 5.98. The SMILES string of the molecule is CCOC(=O)C1(CC(C)C)CCCNC1. The number of rotatable bonds is 4. The molecule has 0 aromatic carbocycles. The molecule has 88 valence electrons. The molecule has 3 heteroatoms. The van der Waals surface area contributed by atoms with Crippen LogP contribution in [0.4, 0.5) is 0 Å². The quantitative estimate of drug-likeness (QED) is 0.726. The monoisotopic (exact) mass is 213 g/mol. The largest absolute Gasteiger partial charge is 0.466 e. The van der Waals surface area contributed by atoms with E-state index in [2.05, 4.69) is 19.2 Å². The summed E-state index contributed by atoms with van der Waals surface area (Å²) in [5.41, 5.74) is -0.261. The zero-order chi connectivity index (χ0) is 11.3. The van der Waals surface area contributed by atoms with Gasteiger partial charge in [-0.15, -0.1) is 0 Å². The Kier molecular flexibility index (Phi) is 4.58. The highest BCUT2D eigenvalue weighted by Gasteiger charge is 2.41. The van der Waals surface area contributed by atoms with Crippen LogP contribution in [0.25, 0.3) is 0 Å². The molecular weight excluding hydrogens is 190 g/mol. The van der Waals surface area contributed by atoms with E-state index in [4.69, 9.17) is 4.74 Å². The number of ether oxygens (including phenoxy) is 1. The van der Waals surface area contributed by atoms with Crippen molar-refractivity contribution >= 4 is 5.97 Å². The number of carbonyl (C=O) groups is 1. The highest BCUT2D eigenvalue weighted by molar-refractivity contribution is 5.77. The summed E-state index contributed by atoms with van der Waals surface area (Å²) in [6.07, 6.45) is 2.97. The van der Waals surface area contributed by atoms with Gasteiger partial charge in [0.05, 0.1) is 12.0 Å². The highest BCUT2D eigenvalue weighted by atomic mass is 16.5. The third-order valence-corrected chi connectivity index (χ3v) is 2.98. The van der Waals surface area contributed by atoms with Gasteiger partial charge in [0.15, 0.2) is 0 Å². The van der Waals surface area contributed by atoms with Crippen molar-refractivity contribution in [3.8, 4) is 0 Å². The summed E-state index contributed by atoms with van der Waals surface area (Å²) in [6.45, 7) is 8.49. The van der Waals surface area contributed by atoms with Gasteiger partial charge in [-0.2, -0.15) is 0 Å². The van der Waals surface area contributed by atoms with E-state index in [1.807, 2.05) is 6.92 Å². The molecule has 1 atom stereocenters. The summed E-state index contributed by atoms with van der Waals surface area (Å²) in [7, 11) is 0. The summed E-state index contributed by atoms with van der Waals surface area (Å²) in [5, 5.41) is 3.32. The first-order chi connectivity index (χ1) is 7.10. The molecule has 1 aliphatic rings. The molecule has 0 bridgehead atoms. The van der Waals surface area contributed by atoms with E-state index in [0.29, 0.717) is 12.5 Å². The average Bonchev–Trinajstić information content (AvgIpc) is 2.18. The number of carbonyl (C=O) groups excluding carboxylic acids is 1. The van der Waals surface area contributed by atoms with Gasteiger partial charge in [-0.25, -0.2) is 0 Å². The summed E-state index contributed by atoms with van der Waals surface area (Å²) in [4.78, 5) is 12.0. The van der Waals surface area contributed by atoms with Gasteiger partial charge >= 0.3 is 5.97 Å². The number of nitrogens with one attached hydrogen (secondary N) is 1. The third kappa shape index (κ3) is 3.20. The van der Waals surface area contributed by atoms with Gasteiger partial charge < -0.3 is 10.1 Å². The standard InChI is InChI=1S/C12H23NO2/c1-4-15-11(14)12(8-10(2)3)6-5-7-13-9-12/h10,13H,4-9H2,1-3H3. The van der Waals surface area contributed by atoms with Crippen molar-refractivity contribution in [3.05, 3.63) is 0 Å². The van der Waals surface area contributed by atoms with Crippen LogP contribution < -0.4 is 5.32 Å². The van der Waals surface area contributed by atoms with E-state index in [9.17, 15) is 4.79 Å². The van der Waals surface area contributed by atoms with E-state index >= 15 is 0 Å². The Morgan fingerprint density at radius 1 is 1.53 bits per heavy atom. The van der Waals surface area contributed by atoms with Crippen LogP contribution in [0.1, 0.15) is 40.0 Å². The molecule has 0 saturated carbocycles.